The van der Waals surface area contributed by atoms with E-state index < -0.39 is 0 Å². The first-order chi connectivity index (χ1) is 12.7. The van der Waals surface area contributed by atoms with Gasteiger partial charge in [-0.15, -0.1) is 0 Å². The molecular formula is C21H25N3O2. The van der Waals surface area contributed by atoms with Gasteiger partial charge in [0.25, 0.3) is 0 Å². The van der Waals surface area contributed by atoms with Gasteiger partial charge in [-0.2, -0.15) is 0 Å². The van der Waals surface area contributed by atoms with Gasteiger partial charge in [-0.1, -0.05) is 48.5 Å². The molecule has 136 valence electrons. The number of hydrogen-bond acceptors (Lipinski definition) is 4. The molecule has 2 aromatic rings. The number of nitrogens with zero attached hydrogens (tertiary/aromatic N) is 2. The minimum atomic E-state index is -0.234. The van der Waals surface area contributed by atoms with Crippen molar-refractivity contribution in [3.63, 3.8) is 0 Å². The Morgan fingerprint density at radius 2 is 1.65 bits per heavy atom. The maximum atomic E-state index is 12.5. The Kier molecular flexibility index (Phi) is 4.66. The fourth-order valence-corrected chi connectivity index (χ4v) is 4.09. The maximum absolute atomic E-state index is 12.5. The molecule has 2 aromatic carbocycles. The van der Waals surface area contributed by atoms with E-state index in [4.69, 9.17) is 0 Å². The Bertz CT molecular complexity index is 770. The molecule has 2 aliphatic heterocycles. The van der Waals surface area contributed by atoms with Gasteiger partial charge in [0.1, 0.15) is 5.75 Å². The molecule has 4 rings (SSSR count). The Hall–Kier alpha value is -2.37. The van der Waals surface area contributed by atoms with Gasteiger partial charge in [0.15, 0.2) is 0 Å². The lowest BCUT2D eigenvalue weighted by Gasteiger charge is -2.44. The first-order valence-electron chi connectivity index (χ1n) is 9.25. The van der Waals surface area contributed by atoms with Crippen molar-refractivity contribution in [1.82, 2.24) is 15.1 Å². The van der Waals surface area contributed by atoms with Gasteiger partial charge >= 0.3 is 0 Å². The average Bonchev–Trinajstić information content (AvgIpc) is 2.96. The van der Waals surface area contributed by atoms with Gasteiger partial charge in [0.05, 0.1) is 12.2 Å². The van der Waals surface area contributed by atoms with Crippen LogP contribution in [0.5, 0.6) is 5.75 Å². The Labute approximate surface area is 154 Å². The summed E-state index contributed by atoms with van der Waals surface area (Å²) in [6.45, 7) is 3.63. The molecule has 0 unspecified atom stereocenters. The number of benzene rings is 2. The van der Waals surface area contributed by atoms with E-state index in [9.17, 15) is 9.90 Å². The number of phenolic OH excluding ortho intramolecular Hbond substituents is 1. The third kappa shape index (κ3) is 3.32. The molecule has 0 saturated carbocycles. The lowest BCUT2D eigenvalue weighted by molar-refractivity contribution is -0.132. The predicted octanol–water partition coefficient (Wildman–Crippen LogP) is 2.32. The van der Waals surface area contributed by atoms with E-state index in [-0.39, 0.29) is 11.6 Å². The van der Waals surface area contributed by atoms with Crippen LogP contribution in [0.4, 0.5) is 0 Å². The number of phenols is 1. The van der Waals surface area contributed by atoms with Crippen molar-refractivity contribution in [1.29, 1.82) is 0 Å². The first-order valence-corrected chi connectivity index (χ1v) is 9.25. The second kappa shape index (κ2) is 7.09. The van der Waals surface area contributed by atoms with Crippen LogP contribution in [0, 0.1) is 0 Å². The molecule has 0 bridgehead atoms. The van der Waals surface area contributed by atoms with Gasteiger partial charge in [0.2, 0.25) is 5.91 Å². The van der Waals surface area contributed by atoms with Crippen LogP contribution in [-0.2, 0) is 17.9 Å². The molecule has 0 aromatic heterocycles. The third-order valence-electron chi connectivity index (χ3n) is 5.64. The Morgan fingerprint density at radius 1 is 0.962 bits per heavy atom. The molecule has 1 spiro atoms. The van der Waals surface area contributed by atoms with Crippen molar-refractivity contribution >= 4 is 5.91 Å². The highest BCUT2D eigenvalue weighted by molar-refractivity contribution is 5.81. The summed E-state index contributed by atoms with van der Waals surface area (Å²) < 4.78 is 0. The number of piperidine rings is 1. The second-order valence-corrected chi connectivity index (χ2v) is 7.26. The van der Waals surface area contributed by atoms with Crippen LogP contribution >= 0.6 is 0 Å². The molecule has 0 aliphatic carbocycles. The third-order valence-corrected chi connectivity index (χ3v) is 5.64. The van der Waals surface area contributed by atoms with E-state index in [1.807, 2.05) is 41.3 Å². The maximum Gasteiger partial charge on any atom is 0.238 e. The lowest BCUT2D eigenvalue weighted by Crippen LogP contribution is -2.58. The van der Waals surface area contributed by atoms with Gasteiger partial charge in [-0.25, -0.2) is 0 Å². The standard InChI is InChI=1S/C21H25N3O2/c25-19-9-5-4-8-18(19)16-23-12-10-21(11-13-23)22-14-20(26)24(21)15-17-6-2-1-3-7-17/h1-9,22,25H,10-16H2. The number of nitrogens with one attached hydrogen (secondary N) is 1. The molecule has 2 fully saturated rings. The number of para-hydroxylation sites is 1. The second-order valence-electron chi connectivity index (χ2n) is 7.26. The number of carbonyl (C=O) groups excluding carboxylic acids is 1. The van der Waals surface area contributed by atoms with E-state index in [0.717, 1.165) is 38.0 Å². The van der Waals surface area contributed by atoms with E-state index >= 15 is 0 Å². The molecule has 0 atom stereocenters. The quantitative estimate of drug-likeness (QED) is 0.888. The predicted molar refractivity (Wildman–Crippen MR) is 100 cm³/mol. The highest BCUT2D eigenvalue weighted by atomic mass is 16.3. The molecule has 1 amide bonds. The molecule has 2 saturated heterocycles. The topological polar surface area (TPSA) is 55.8 Å². The summed E-state index contributed by atoms with van der Waals surface area (Å²) in [5.74, 6) is 0.538. The summed E-state index contributed by atoms with van der Waals surface area (Å²) in [5, 5.41) is 13.5. The molecule has 5 heteroatoms. The average molecular weight is 351 g/mol. The number of carbonyl (C=O) groups is 1. The van der Waals surface area contributed by atoms with Crippen molar-refractivity contribution in [2.75, 3.05) is 19.6 Å². The first kappa shape index (κ1) is 17.1. The van der Waals surface area contributed by atoms with Crippen LogP contribution in [0.2, 0.25) is 0 Å². The van der Waals surface area contributed by atoms with E-state index in [1.54, 1.807) is 6.07 Å². The highest BCUT2D eigenvalue weighted by Crippen LogP contribution is 2.32. The zero-order valence-electron chi connectivity index (χ0n) is 14.9. The number of amides is 1. The summed E-state index contributed by atoms with van der Waals surface area (Å²) in [4.78, 5) is 16.9. The molecule has 2 N–H and O–H groups in total. The summed E-state index contributed by atoms with van der Waals surface area (Å²) in [6.07, 6.45) is 1.80. The van der Waals surface area contributed by atoms with Crippen molar-refractivity contribution in [2.45, 2.75) is 31.6 Å². The summed E-state index contributed by atoms with van der Waals surface area (Å²) in [6, 6.07) is 17.7. The van der Waals surface area contributed by atoms with Gasteiger partial charge in [-0.3, -0.25) is 15.0 Å². The smallest absolute Gasteiger partial charge is 0.238 e. The van der Waals surface area contributed by atoms with Crippen LogP contribution in [0.1, 0.15) is 24.0 Å². The SMILES string of the molecule is O=C1CNC2(CCN(Cc3ccccc3O)CC2)N1Cc1ccccc1. The van der Waals surface area contributed by atoms with Crippen molar-refractivity contribution in [3.8, 4) is 5.75 Å². The van der Waals surface area contributed by atoms with Crippen molar-refractivity contribution < 1.29 is 9.90 Å². The molecule has 2 heterocycles. The molecule has 0 radical (unpaired) electrons. The van der Waals surface area contributed by atoms with E-state index in [0.29, 0.717) is 18.8 Å². The normalized spacial score (nSPS) is 20.0. The summed E-state index contributed by atoms with van der Waals surface area (Å²) >= 11 is 0. The van der Waals surface area contributed by atoms with Gasteiger partial charge in [0, 0.05) is 31.7 Å². The fourth-order valence-electron chi connectivity index (χ4n) is 4.09. The Balaban J connectivity index is 1.43. The van der Waals surface area contributed by atoms with Gasteiger partial charge in [-0.05, 0) is 24.5 Å². The monoisotopic (exact) mass is 351 g/mol. The van der Waals surface area contributed by atoms with Gasteiger partial charge < -0.3 is 10.0 Å². The zero-order valence-corrected chi connectivity index (χ0v) is 14.9. The minimum Gasteiger partial charge on any atom is -0.508 e. The molecule has 26 heavy (non-hydrogen) atoms. The van der Waals surface area contributed by atoms with E-state index in [2.05, 4.69) is 22.3 Å². The van der Waals surface area contributed by atoms with Crippen LogP contribution in [-0.4, -0.2) is 46.1 Å². The Morgan fingerprint density at radius 3 is 2.38 bits per heavy atom. The summed E-state index contributed by atoms with van der Waals surface area (Å²) in [5.41, 5.74) is 1.89. The lowest BCUT2D eigenvalue weighted by atomic mass is 9.95. The largest absolute Gasteiger partial charge is 0.508 e. The van der Waals surface area contributed by atoms with Crippen LogP contribution < -0.4 is 5.32 Å². The number of hydrogen-bond donors (Lipinski definition) is 2. The van der Waals surface area contributed by atoms with Crippen molar-refractivity contribution in [2.24, 2.45) is 0 Å². The van der Waals surface area contributed by atoms with Crippen molar-refractivity contribution in [3.05, 3.63) is 65.7 Å². The fraction of sp³-hybridized carbons (Fsp3) is 0.381. The minimum absolute atomic E-state index is 0.183. The molecule has 2 aliphatic rings. The van der Waals surface area contributed by atoms with Crippen LogP contribution in [0.3, 0.4) is 0 Å². The van der Waals surface area contributed by atoms with E-state index in [1.165, 1.54) is 5.56 Å². The van der Waals surface area contributed by atoms with Crippen LogP contribution in [0.15, 0.2) is 54.6 Å². The number of aromatic hydroxyl groups is 1. The number of rotatable bonds is 4. The molecular weight excluding hydrogens is 326 g/mol. The number of likely N-dealkylation sites (tertiary alicyclic amines) is 1. The highest BCUT2D eigenvalue weighted by Gasteiger charge is 2.46. The van der Waals surface area contributed by atoms with Crippen LogP contribution in [0.25, 0.3) is 0 Å². The zero-order chi connectivity index (χ0) is 18.0. The summed E-state index contributed by atoms with van der Waals surface area (Å²) in [7, 11) is 0. The molecule has 5 nitrogen and oxygen atoms in total.